The lowest BCUT2D eigenvalue weighted by atomic mass is 10.1. The van der Waals surface area contributed by atoms with Crippen molar-refractivity contribution in [2.75, 3.05) is 0 Å². The summed E-state index contributed by atoms with van der Waals surface area (Å²) in [5, 5.41) is 0. The summed E-state index contributed by atoms with van der Waals surface area (Å²) in [6.45, 7) is 4.65. The number of amides is 1. The molecule has 1 heterocycles. The Balaban J connectivity index is 1.70. The largest absolute Gasteiger partial charge is 0.444 e. The number of hydrogen-bond donors (Lipinski definition) is 0. The first-order valence-corrected chi connectivity index (χ1v) is 8.46. The smallest absolute Gasteiger partial charge is 0.229 e. The summed E-state index contributed by atoms with van der Waals surface area (Å²) >= 11 is 0. The minimum absolute atomic E-state index is 0.0479. The maximum absolute atomic E-state index is 12.7. The molecule has 0 N–H and O–H groups in total. The first-order chi connectivity index (χ1) is 12.1. The van der Waals surface area contributed by atoms with E-state index in [-0.39, 0.29) is 18.4 Å². The van der Waals surface area contributed by atoms with Crippen LogP contribution >= 0.6 is 0 Å². The number of rotatable bonds is 6. The van der Waals surface area contributed by atoms with Crippen molar-refractivity contribution < 1.29 is 9.21 Å². The van der Waals surface area contributed by atoms with E-state index in [4.69, 9.17) is 4.42 Å². The number of carbonyl (C=O) groups is 1. The van der Waals surface area contributed by atoms with Gasteiger partial charge < -0.3 is 9.32 Å². The summed E-state index contributed by atoms with van der Waals surface area (Å²) in [5.41, 5.74) is 2.68. The Labute approximate surface area is 148 Å². The first kappa shape index (κ1) is 17.0. The summed E-state index contributed by atoms with van der Waals surface area (Å²) in [6.07, 6.45) is 1.81. The molecule has 0 unspecified atom stereocenters. The summed E-state index contributed by atoms with van der Waals surface area (Å²) in [4.78, 5) is 19.1. The quantitative estimate of drug-likeness (QED) is 0.674. The molecule has 0 aliphatic heterocycles. The third kappa shape index (κ3) is 4.35. The van der Waals surface area contributed by atoms with Crippen molar-refractivity contribution in [3.05, 3.63) is 78.2 Å². The number of oxazole rings is 1. The van der Waals surface area contributed by atoms with Gasteiger partial charge in [-0.15, -0.1) is 0 Å². The Morgan fingerprint density at radius 1 is 1.04 bits per heavy atom. The number of aromatic nitrogens is 1. The van der Waals surface area contributed by atoms with Crippen molar-refractivity contribution in [1.82, 2.24) is 9.88 Å². The number of carbonyl (C=O) groups excluding carboxylic acids is 1. The van der Waals surface area contributed by atoms with Gasteiger partial charge in [0.15, 0.2) is 0 Å². The van der Waals surface area contributed by atoms with Crippen LogP contribution < -0.4 is 0 Å². The van der Waals surface area contributed by atoms with Crippen LogP contribution in [0.15, 0.2) is 71.3 Å². The fraction of sp³-hybridized carbons (Fsp3) is 0.238. The van der Waals surface area contributed by atoms with Crippen LogP contribution in [0.1, 0.15) is 25.1 Å². The third-order valence-electron chi connectivity index (χ3n) is 4.04. The molecule has 0 saturated carbocycles. The predicted molar refractivity (Wildman–Crippen MR) is 97.8 cm³/mol. The molecule has 0 aliphatic carbocycles. The van der Waals surface area contributed by atoms with Crippen LogP contribution in [0.3, 0.4) is 0 Å². The average Bonchev–Trinajstić information content (AvgIpc) is 3.09. The molecule has 3 rings (SSSR count). The summed E-state index contributed by atoms with van der Waals surface area (Å²) in [7, 11) is 0. The van der Waals surface area contributed by atoms with Gasteiger partial charge in [-0.2, -0.15) is 0 Å². The van der Waals surface area contributed by atoms with Crippen LogP contribution in [0.2, 0.25) is 0 Å². The van der Waals surface area contributed by atoms with Gasteiger partial charge in [-0.3, -0.25) is 4.79 Å². The summed E-state index contributed by atoms with van der Waals surface area (Å²) in [5.74, 6) is 0.592. The van der Waals surface area contributed by atoms with E-state index in [1.165, 1.54) is 0 Å². The topological polar surface area (TPSA) is 46.3 Å². The Morgan fingerprint density at radius 3 is 2.32 bits per heavy atom. The molecule has 0 spiro atoms. The van der Waals surface area contributed by atoms with Crippen molar-refractivity contribution in [1.29, 1.82) is 0 Å². The number of nitrogens with zero attached hydrogens (tertiary/aromatic N) is 2. The summed E-state index contributed by atoms with van der Waals surface area (Å²) < 4.78 is 5.53. The molecule has 0 saturated heterocycles. The molecule has 0 fully saturated rings. The Bertz CT molecular complexity index is 810. The van der Waals surface area contributed by atoms with Crippen LogP contribution in [0.5, 0.6) is 0 Å². The molecule has 3 aromatic rings. The monoisotopic (exact) mass is 334 g/mol. The second-order valence-corrected chi connectivity index (χ2v) is 6.29. The molecule has 4 nitrogen and oxygen atoms in total. The highest BCUT2D eigenvalue weighted by Gasteiger charge is 2.19. The van der Waals surface area contributed by atoms with E-state index in [1.807, 2.05) is 79.4 Å². The Morgan fingerprint density at radius 2 is 1.68 bits per heavy atom. The molecule has 2 aromatic carbocycles. The van der Waals surface area contributed by atoms with Gasteiger partial charge in [0.05, 0.1) is 12.1 Å². The molecule has 0 atom stereocenters. The molecule has 1 amide bonds. The maximum Gasteiger partial charge on any atom is 0.229 e. The van der Waals surface area contributed by atoms with Crippen LogP contribution in [-0.4, -0.2) is 21.8 Å². The van der Waals surface area contributed by atoms with E-state index in [1.54, 1.807) is 6.26 Å². The van der Waals surface area contributed by atoms with Crippen molar-refractivity contribution in [3.63, 3.8) is 0 Å². The van der Waals surface area contributed by atoms with E-state index < -0.39 is 0 Å². The lowest BCUT2D eigenvalue weighted by Crippen LogP contribution is -2.37. The van der Waals surface area contributed by atoms with Gasteiger partial charge in [0.2, 0.25) is 11.8 Å². The van der Waals surface area contributed by atoms with E-state index >= 15 is 0 Å². The molecule has 0 radical (unpaired) electrons. The second kappa shape index (κ2) is 7.79. The zero-order valence-corrected chi connectivity index (χ0v) is 14.6. The standard InChI is InChI=1S/C21H22N2O2/c1-16(2)23(14-17-9-5-3-6-10-17)20(24)13-19-15-25-21(22-19)18-11-7-4-8-12-18/h3-12,15-16H,13-14H2,1-2H3. The second-order valence-electron chi connectivity index (χ2n) is 6.29. The van der Waals surface area contributed by atoms with Gasteiger partial charge in [-0.1, -0.05) is 48.5 Å². The highest BCUT2D eigenvalue weighted by Crippen LogP contribution is 2.19. The predicted octanol–water partition coefficient (Wildman–Crippen LogP) is 4.32. The van der Waals surface area contributed by atoms with Crippen LogP contribution in [0.25, 0.3) is 11.5 Å². The Kier molecular flexibility index (Phi) is 5.29. The maximum atomic E-state index is 12.7. The number of hydrogen-bond acceptors (Lipinski definition) is 3. The van der Waals surface area contributed by atoms with E-state index in [9.17, 15) is 4.79 Å². The Hall–Kier alpha value is -2.88. The zero-order valence-electron chi connectivity index (χ0n) is 14.6. The van der Waals surface area contributed by atoms with Gasteiger partial charge >= 0.3 is 0 Å². The van der Waals surface area contributed by atoms with Crippen molar-refractivity contribution >= 4 is 5.91 Å². The van der Waals surface area contributed by atoms with Gasteiger partial charge in [-0.05, 0) is 31.5 Å². The van der Waals surface area contributed by atoms with E-state index in [0.29, 0.717) is 18.1 Å². The zero-order chi connectivity index (χ0) is 17.6. The summed E-state index contributed by atoms with van der Waals surface area (Å²) in [6, 6.07) is 19.8. The van der Waals surface area contributed by atoms with Crippen LogP contribution in [-0.2, 0) is 17.8 Å². The van der Waals surface area contributed by atoms with Crippen molar-refractivity contribution in [2.24, 2.45) is 0 Å². The molecule has 0 aliphatic rings. The van der Waals surface area contributed by atoms with Crippen LogP contribution in [0.4, 0.5) is 0 Å². The van der Waals surface area contributed by atoms with Gasteiger partial charge in [0.1, 0.15) is 6.26 Å². The normalized spacial score (nSPS) is 10.8. The number of benzene rings is 2. The minimum atomic E-state index is 0.0479. The van der Waals surface area contributed by atoms with E-state index in [2.05, 4.69) is 4.98 Å². The highest BCUT2D eigenvalue weighted by molar-refractivity contribution is 5.78. The fourth-order valence-electron chi connectivity index (χ4n) is 2.70. The lowest BCUT2D eigenvalue weighted by Gasteiger charge is -2.26. The minimum Gasteiger partial charge on any atom is -0.444 e. The van der Waals surface area contributed by atoms with E-state index in [0.717, 1.165) is 11.1 Å². The first-order valence-electron chi connectivity index (χ1n) is 8.46. The highest BCUT2D eigenvalue weighted by atomic mass is 16.3. The van der Waals surface area contributed by atoms with Crippen LogP contribution in [0, 0.1) is 0 Å². The molecule has 0 bridgehead atoms. The SMILES string of the molecule is CC(C)N(Cc1ccccc1)C(=O)Cc1coc(-c2ccccc2)n1. The third-order valence-corrected chi connectivity index (χ3v) is 4.04. The molecule has 1 aromatic heterocycles. The molecule has 128 valence electrons. The van der Waals surface area contributed by atoms with Gasteiger partial charge in [0, 0.05) is 18.2 Å². The van der Waals surface area contributed by atoms with Crippen molar-refractivity contribution in [2.45, 2.75) is 32.9 Å². The van der Waals surface area contributed by atoms with Crippen molar-refractivity contribution in [3.8, 4) is 11.5 Å². The molecular formula is C21H22N2O2. The molecule has 4 heteroatoms. The van der Waals surface area contributed by atoms with Gasteiger partial charge in [-0.25, -0.2) is 4.98 Å². The average molecular weight is 334 g/mol. The molecular weight excluding hydrogens is 312 g/mol. The molecule has 25 heavy (non-hydrogen) atoms. The van der Waals surface area contributed by atoms with Gasteiger partial charge in [0.25, 0.3) is 0 Å². The fourth-order valence-corrected chi connectivity index (χ4v) is 2.70. The lowest BCUT2D eigenvalue weighted by molar-refractivity contribution is -0.132.